The third kappa shape index (κ3) is 3.15. The molecule has 22 heavy (non-hydrogen) atoms. The van der Waals surface area contributed by atoms with Gasteiger partial charge in [-0.2, -0.15) is 0 Å². The standard InChI is InChI=1S/C17H19NO3S/c19-11-13-5-1-2-7-15(13)21-12-17(20)18-9-3-6-14(18)16-8-4-10-22-16/h1-2,4-5,7-8,10,14,19H,3,6,9,11-12H2. The number of benzene rings is 1. The van der Waals surface area contributed by atoms with Crippen molar-refractivity contribution in [3.05, 3.63) is 52.2 Å². The van der Waals surface area contributed by atoms with Gasteiger partial charge < -0.3 is 14.7 Å². The van der Waals surface area contributed by atoms with Gasteiger partial charge in [0.2, 0.25) is 0 Å². The number of likely N-dealkylation sites (tertiary alicyclic amines) is 1. The highest BCUT2D eigenvalue weighted by Gasteiger charge is 2.30. The predicted octanol–water partition coefficient (Wildman–Crippen LogP) is 2.98. The van der Waals surface area contributed by atoms with Crippen LogP contribution in [-0.4, -0.2) is 29.1 Å². The Labute approximate surface area is 134 Å². The summed E-state index contributed by atoms with van der Waals surface area (Å²) in [5, 5.41) is 11.3. The Kier molecular flexibility index (Phi) is 4.75. The summed E-state index contributed by atoms with van der Waals surface area (Å²) >= 11 is 1.69. The van der Waals surface area contributed by atoms with Gasteiger partial charge in [-0.3, -0.25) is 4.79 Å². The lowest BCUT2D eigenvalue weighted by Crippen LogP contribution is -2.34. The van der Waals surface area contributed by atoms with Gasteiger partial charge in [0.15, 0.2) is 6.61 Å². The van der Waals surface area contributed by atoms with Crippen LogP contribution in [0.1, 0.15) is 29.3 Å². The Morgan fingerprint density at radius 1 is 1.32 bits per heavy atom. The number of hydrogen-bond acceptors (Lipinski definition) is 4. The van der Waals surface area contributed by atoms with Crippen LogP contribution < -0.4 is 4.74 Å². The lowest BCUT2D eigenvalue weighted by Gasteiger charge is -2.24. The van der Waals surface area contributed by atoms with Crippen LogP contribution >= 0.6 is 11.3 Å². The van der Waals surface area contributed by atoms with Gasteiger partial charge in [-0.15, -0.1) is 11.3 Å². The minimum atomic E-state index is -0.0914. The lowest BCUT2D eigenvalue weighted by molar-refractivity contribution is -0.134. The lowest BCUT2D eigenvalue weighted by atomic mass is 10.2. The zero-order valence-corrected chi connectivity index (χ0v) is 13.1. The Bertz CT molecular complexity index is 627. The highest BCUT2D eigenvalue weighted by Crippen LogP contribution is 2.34. The molecule has 1 aliphatic heterocycles. The summed E-state index contributed by atoms with van der Waals surface area (Å²) < 4.78 is 5.62. The zero-order chi connectivity index (χ0) is 15.4. The van der Waals surface area contributed by atoms with E-state index in [0.29, 0.717) is 11.3 Å². The van der Waals surface area contributed by atoms with Crippen LogP contribution in [0.15, 0.2) is 41.8 Å². The molecule has 1 aromatic carbocycles. The van der Waals surface area contributed by atoms with E-state index in [4.69, 9.17) is 4.74 Å². The van der Waals surface area contributed by atoms with Crippen molar-refractivity contribution in [2.75, 3.05) is 13.2 Å². The van der Waals surface area contributed by atoms with E-state index >= 15 is 0 Å². The second-order valence-corrected chi connectivity index (χ2v) is 6.29. The number of nitrogens with zero attached hydrogens (tertiary/aromatic N) is 1. The third-order valence-corrected chi connectivity index (χ3v) is 4.91. The molecule has 1 fully saturated rings. The van der Waals surface area contributed by atoms with Gasteiger partial charge in [0, 0.05) is 17.0 Å². The first-order valence-electron chi connectivity index (χ1n) is 7.44. The maximum absolute atomic E-state index is 12.5. The van der Waals surface area contributed by atoms with Gasteiger partial charge >= 0.3 is 0 Å². The monoisotopic (exact) mass is 317 g/mol. The van der Waals surface area contributed by atoms with E-state index in [2.05, 4.69) is 6.07 Å². The fourth-order valence-corrected chi connectivity index (χ4v) is 3.71. The van der Waals surface area contributed by atoms with E-state index in [0.717, 1.165) is 19.4 Å². The minimum absolute atomic E-state index is 0.00337. The molecular formula is C17H19NO3S. The van der Waals surface area contributed by atoms with Gasteiger partial charge in [0.05, 0.1) is 12.6 Å². The molecule has 5 heteroatoms. The quantitative estimate of drug-likeness (QED) is 0.922. The molecule has 1 saturated heterocycles. The average Bonchev–Trinajstić information content (AvgIpc) is 3.23. The molecule has 2 aromatic rings. The number of amides is 1. The first-order valence-corrected chi connectivity index (χ1v) is 8.32. The first-order chi connectivity index (χ1) is 10.8. The van der Waals surface area contributed by atoms with Crippen molar-refractivity contribution in [2.24, 2.45) is 0 Å². The first kappa shape index (κ1) is 15.1. The fraction of sp³-hybridized carbons (Fsp3) is 0.353. The van der Waals surface area contributed by atoms with Crippen molar-refractivity contribution >= 4 is 17.2 Å². The Balaban J connectivity index is 1.64. The van der Waals surface area contributed by atoms with Gasteiger partial charge in [0.1, 0.15) is 5.75 Å². The number of aliphatic hydroxyl groups excluding tert-OH is 1. The van der Waals surface area contributed by atoms with Gasteiger partial charge in [-0.1, -0.05) is 24.3 Å². The summed E-state index contributed by atoms with van der Waals surface area (Å²) in [6.07, 6.45) is 2.04. The molecule has 0 spiro atoms. The van der Waals surface area contributed by atoms with Crippen molar-refractivity contribution in [3.8, 4) is 5.75 Å². The van der Waals surface area contributed by atoms with Gasteiger partial charge in [-0.25, -0.2) is 0 Å². The molecule has 116 valence electrons. The van der Waals surface area contributed by atoms with Gasteiger partial charge in [-0.05, 0) is 30.4 Å². The van der Waals surface area contributed by atoms with Crippen LogP contribution in [0.2, 0.25) is 0 Å². The Hall–Kier alpha value is -1.85. The second-order valence-electron chi connectivity index (χ2n) is 5.32. The molecule has 1 atom stereocenters. The number of aliphatic hydroxyl groups is 1. The molecule has 4 nitrogen and oxygen atoms in total. The Morgan fingerprint density at radius 2 is 2.18 bits per heavy atom. The van der Waals surface area contributed by atoms with Crippen molar-refractivity contribution in [1.82, 2.24) is 4.90 Å². The maximum atomic E-state index is 12.5. The van der Waals surface area contributed by atoms with E-state index in [1.807, 2.05) is 28.5 Å². The van der Waals surface area contributed by atoms with Crippen molar-refractivity contribution < 1.29 is 14.6 Å². The molecule has 0 saturated carbocycles. The summed E-state index contributed by atoms with van der Waals surface area (Å²) in [4.78, 5) is 15.6. The highest BCUT2D eigenvalue weighted by molar-refractivity contribution is 7.10. The topological polar surface area (TPSA) is 49.8 Å². The number of carbonyl (C=O) groups is 1. The molecule has 1 unspecified atom stereocenters. The minimum Gasteiger partial charge on any atom is -0.483 e. The van der Waals surface area contributed by atoms with E-state index in [-0.39, 0.29) is 25.2 Å². The Morgan fingerprint density at radius 3 is 2.95 bits per heavy atom. The average molecular weight is 317 g/mol. The van der Waals surface area contributed by atoms with E-state index < -0.39 is 0 Å². The smallest absolute Gasteiger partial charge is 0.261 e. The fourth-order valence-electron chi connectivity index (χ4n) is 2.84. The van der Waals surface area contributed by atoms with Crippen LogP contribution in [0, 0.1) is 0 Å². The highest BCUT2D eigenvalue weighted by atomic mass is 32.1. The largest absolute Gasteiger partial charge is 0.483 e. The molecular weight excluding hydrogens is 298 g/mol. The van der Waals surface area contributed by atoms with Crippen LogP contribution in [0.3, 0.4) is 0 Å². The second kappa shape index (κ2) is 6.94. The summed E-state index contributed by atoms with van der Waals surface area (Å²) in [6.45, 7) is 0.706. The molecule has 2 heterocycles. The summed E-state index contributed by atoms with van der Waals surface area (Å²) in [5.41, 5.74) is 0.700. The number of hydrogen-bond donors (Lipinski definition) is 1. The van der Waals surface area contributed by atoms with Crippen LogP contribution in [0.4, 0.5) is 0 Å². The van der Waals surface area contributed by atoms with Crippen molar-refractivity contribution in [3.63, 3.8) is 0 Å². The van der Waals surface area contributed by atoms with Crippen molar-refractivity contribution in [1.29, 1.82) is 0 Å². The molecule has 3 rings (SSSR count). The zero-order valence-electron chi connectivity index (χ0n) is 12.3. The van der Waals surface area contributed by atoms with E-state index in [9.17, 15) is 9.90 Å². The number of thiophene rings is 1. The van der Waals surface area contributed by atoms with Crippen LogP contribution in [-0.2, 0) is 11.4 Å². The molecule has 1 aromatic heterocycles. The predicted molar refractivity (Wildman–Crippen MR) is 85.9 cm³/mol. The number of para-hydroxylation sites is 1. The molecule has 1 aliphatic rings. The normalized spacial score (nSPS) is 17.7. The van der Waals surface area contributed by atoms with E-state index in [1.54, 1.807) is 23.5 Å². The molecule has 0 bridgehead atoms. The third-order valence-electron chi connectivity index (χ3n) is 3.94. The number of carbonyl (C=O) groups excluding carboxylic acids is 1. The SMILES string of the molecule is O=C(COc1ccccc1CO)N1CCCC1c1cccs1. The molecule has 0 aliphatic carbocycles. The molecule has 0 radical (unpaired) electrons. The number of ether oxygens (including phenoxy) is 1. The van der Waals surface area contributed by atoms with Gasteiger partial charge in [0.25, 0.3) is 5.91 Å². The molecule has 1 amide bonds. The summed E-state index contributed by atoms with van der Waals surface area (Å²) in [5.74, 6) is 0.578. The van der Waals surface area contributed by atoms with Crippen LogP contribution in [0.25, 0.3) is 0 Å². The summed E-state index contributed by atoms with van der Waals surface area (Å²) in [6, 6.07) is 11.5. The number of rotatable bonds is 5. The van der Waals surface area contributed by atoms with Crippen LogP contribution in [0.5, 0.6) is 5.75 Å². The summed E-state index contributed by atoms with van der Waals surface area (Å²) in [7, 11) is 0. The molecule has 1 N–H and O–H groups in total. The van der Waals surface area contributed by atoms with E-state index in [1.165, 1.54) is 4.88 Å². The van der Waals surface area contributed by atoms with Crippen molar-refractivity contribution in [2.45, 2.75) is 25.5 Å². The maximum Gasteiger partial charge on any atom is 0.261 e.